The molecule has 0 aromatic carbocycles. The summed E-state index contributed by atoms with van der Waals surface area (Å²) in [7, 11) is 0. The van der Waals surface area contributed by atoms with Gasteiger partial charge in [-0.2, -0.15) is 0 Å². The zero-order chi connectivity index (χ0) is 7.40. The van der Waals surface area contributed by atoms with Crippen LogP contribution < -0.4 is 5.73 Å². The first kappa shape index (κ1) is 7.69. The third-order valence-corrected chi connectivity index (χ3v) is 1.61. The lowest BCUT2D eigenvalue weighted by Crippen LogP contribution is -2.21. The summed E-state index contributed by atoms with van der Waals surface area (Å²) in [6.07, 6.45) is 1.52. The summed E-state index contributed by atoms with van der Waals surface area (Å²) >= 11 is 0. The van der Waals surface area contributed by atoms with Crippen molar-refractivity contribution in [3.8, 4) is 0 Å². The highest BCUT2D eigenvalue weighted by atomic mass is 19.1. The molecule has 2 nitrogen and oxygen atoms in total. The zero-order valence-electron chi connectivity index (χ0n) is 5.85. The zero-order valence-corrected chi connectivity index (χ0v) is 5.85. The minimum absolute atomic E-state index is 0.0891. The van der Waals surface area contributed by atoms with E-state index >= 15 is 0 Å². The maximum atomic E-state index is 12.8. The number of nitrogens with two attached hydrogens (primary N) is 1. The maximum Gasteiger partial charge on any atom is 0.133 e. The molecule has 3 heteroatoms. The van der Waals surface area contributed by atoms with Gasteiger partial charge in [-0.25, -0.2) is 4.39 Å². The lowest BCUT2D eigenvalue weighted by Gasteiger charge is -2.15. The topological polar surface area (TPSA) is 35.2 Å². The van der Waals surface area contributed by atoms with Gasteiger partial charge in [-0.1, -0.05) is 6.08 Å². The molecule has 1 unspecified atom stereocenters. The Bertz CT molecular complexity index is 136. The molecule has 0 aliphatic carbocycles. The fourth-order valence-electron chi connectivity index (χ4n) is 0.977. The Hall–Kier alpha value is -0.410. The largest absolute Gasteiger partial charge is 0.377 e. The van der Waals surface area contributed by atoms with Gasteiger partial charge in [0.05, 0.1) is 13.2 Å². The van der Waals surface area contributed by atoms with Gasteiger partial charge in [0, 0.05) is 6.54 Å². The molecule has 10 heavy (non-hydrogen) atoms. The van der Waals surface area contributed by atoms with E-state index in [4.69, 9.17) is 10.5 Å². The molecule has 0 spiro atoms. The third-order valence-electron chi connectivity index (χ3n) is 1.61. The predicted molar refractivity (Wildman–Crippen MR) is 37.5 cm³/mol. The highest BCUT2D eigenvalue weighted by molar-refractivity contribution is 5.10. The number of halogens is 1. The van der Waals surface area contributed by atoms with Gasteiger partial charge in [0.1, 0.15) is 6.17 Å². The number of ether oxygens (including phenoxy) is 1. The molecule has 1 aliphatic rings. The predicted octanol–water partition coefficient (Wildman–Crippen LogP) is 0.630. The summed E-state index contributed by atoms with van der Waals surface area (Å²) in [5, 5.41) is 0. The van der Waals surface area contributed by atoms with E-state index in [2.05, 4.69) is 0 Å². The van der Waals surface area contributed by atoms with Gasteiger partial charge < -0.3 is 10.5 Å². The Kier molecular flexibility index (Phi) is 2.83. The van der Waals surface area contributed by atoms with E-state index in [1.807, 2.05) is 0 Å². The van der Waals surface area contributed by atoms with E-state index in [9.17, 15) is 4.39 Å². The van der Waals surface area contributed by atoms with Crippen LogP contribution in [0, 0.1) is 0 Å². The van der Waals surface area contributed by atoms with Gasteiger partial charge >= 0.3 is 0 Å². The summed E-state index contributed by atoms with van der Waals surface area (Å²) in [5.41, 5.74) is 5.95. The molecular weight excluding hydrogens is 133 g/mol. The summed E-state index contributed by atoms with van der Waals surface area (Å²) in [6.45, 7) is 1.26. The second-order valence-electron chi connectivity index (χ2n) is 2.31. The Labute approximate surface area is 59.9 Å². The molecule has 0 saturated heterocycles. The monoisotopic (exact) mass is 145 g/mol. The van der Waals surface area contributed by atoms with E-state index in [1.54, 1.807) is 6.08 Å². The normalized spacial score (nSPS) is 22.0. The standard InChI is InChI=1S/C7H12FNO/c8-7(5-9)6-1-3-10-4-2-6/h1,7H,2-5,9H2. The summed E-state index contributed by atoms with van der Waals surface area (Å²) in [4.78, 5) is 0. The van der Waals surface area contributed by atoms with Crippen LogP contribution in [0.4, 0.5) is 4.39 Å². The van der Waals surface area contributed by atoms with Crippen molar-refractivity contribution in [2.75, 3.05) is 19.8 Å². The highest BCUT2D eigenvalue weighted by Gasteiger charge is 2.12. The van der Waals surface area contributed by atoms with E-state index < -0.39 is 6.17 Å². The van der Waals surface area contributed by atoms with Crippen LogP contribution in [0.15, 0.2) is 11.6 Å². The quantitative estimate of drug-likeness (QED) is 0.578. The molecule has 2 N–H and O–H groups in total. The van der Waals surface area contributed by atoms with Gasteiger partial charge in [0.2, 0.25) is 0 Å². The number of rotatable bonds is 2. The van der Waals surface area contributed by atoms with Crippen molar-refractivity contribution < 1.29 is 9.13 Å². The number of alkyl halides is 1. The van der Waals surface area contributed by atoms with Gasteiger partial charge in [0.25, 0.3) is 0 Å². The number of hydrogen-bond acceptors (Lipinski definition) is 2. The second-order valence-corrected chi connectivity index (χ2v) is 2.31. The summed E-state index contributed by atoms with van der Waals surface area (Å²) < 4.78 is 17.8. The Morgan fingerprint density at radius 1 is 1.80 bits per heavy atom. The first-order chi connectivity index (χ1) is 4.84. The van der Waals surface area contributed by atoms with Crippen molar-refractivity contribution in [2.45, 2.75) is 12.6 Å². The van der Waals surface area contributed by atoms with Gasteiger partial charge in [-0.3, -0.25) is 0 Å². The molecule has 58 valence electrons. The molecule has 1 heterocycles. The van der Waals surface area contributed by atoms with Gasteiger partial charge in [-0.05, 0) is 12.0 Å². The molecule has 0 bridgehead atoms. The minimum Gasteiger partial charge on any atom is -0.377 e. The van der Waals surface area contributed by atoms with Crippen molar-refractivity contribution >= 4 is 0 Å². The molecule has 0 saturated carbocycles. The second kappa shape index (κ2) is 3.68. The van der Waals surface area contributed by atoms with Crippen LogP contribution >= 0.6 is 0 Å². The van der Waals surface area contributed by atoms with Crippen LogP contribution in [-0.2, 0) is 4.74 Å². The van der Waals surface area contributed by atoms with Crippen LogP contribution in [0.2, 0.25) is 0 Å². The van der Waals surface area contributed by atoms with Gasteiger partial charge in [0.15, 0.2) is 0 Å². The number of hydrogen-bond donors (Lipinski definition) is 1. The van der Waals surface area contributed by atoms with Gasteiger partial charge in [-0.15, -0.1) is 0 Å². The average Bonchev–Trinajstić information content (AvgIpc) is 2.05. The lowest BCUT2D eigenvalue weighted by atomic mass is 10.1. The SMILES string of the molecule is NCC(F)C1=CCOCC1. The summed E-state index contributed by atoms with van der Waals surface area (Å²) in [6, 6.07) is 0. The van der Waals surface area contributed by atoms with Crippen LogP contribution in [0.3, 0.4) is 0 Å². The lowest BCUT2D eigenvalue weighted by molar-refractivity contribution is 0.148. The molecule has 1 aliphatic heterocycles. The minimum atomic E-state index is -0.955. The van der Waals surface area contributed by atoms with Crippen LogP contribution in [0.25, 0.3) is 0 Å². The molecule has 0 fully saturated rings. The molecule has 0 aromatic rings. The first-order valence-corrected chi connectivity index (χ1v) is 3.45. The fraction of sp³-hybridized carbons (Fsp3) is 0.714. The van der Waals surface area contributed by atoms with Crippen molar-refractivity contribution in [3.05, 3.63) is 11.6 Å². The molecule has 1 rings (SSSR count). The highest BCUT2D eigenvalue weighted by Crippen LogP contribution is 2.13. The van der Waals surface area contributed by atoms with E-state index in [0.29, 0.717) is 19.6 Å². The molecule has 0 radical (unpaired) electrons. The van der Waals surface area contributed by atoms with E-state index in [0.717, 1.165) is 5.57 Å². The van der Waals surface area contributed by atoms with E-state index in [-0.39, 0.29) is 6.54 Å². The molecule has 1 atom stereocenters. The molecular formula is C7H12FNO. The van der Waals surface area contributed by atoms with Crippen molar-refractivity contribution in [2.24, 2.45) is 5.73 Å². The fourth-order valence-corrected chi connectivity index (χ4v) is 0.977. The molecule has 0 aromatic heterocycles. The van der Waals surface area contributed by atoms with E-state index in [1.165, 1.54) is 0 Å². The van der Waals surface area contributed by atoms with Crippen molar-refractivity contribution in [1.29, 1.82) is 0 Å². The van der Waals surface area contributed by atoms with Crippen molar-refractivity contribution in [1.82, 2.24) is 0 Å². The Balaban J connectivity index is 2.44. The molecule has 0 amide bonds. The first-order valence-electron chi connectivity index (χ1n) is 3.45. The summed E-state index contributed by atoms with van der Waals surface area (Å²) in [5.74, 6) is 0. The average molecular weight is 145 g/mol. The smallest absolute Gasteiger partial charge is 0.133 e. The third kappa shape index (κ3) is 1.78. The van der Waals surface area contributed by atoms with Crippen molar-refractivity contribution in [3.63, 3.8) is 0 Å². The van der Waals surface area contributed by atoms with Crippen LogP contribution in [-0.4, -0.2) is 25.9 Å². The van der Waals surface area contributed by atoms with Crippen LogP contribution in [0.5, 0.6) is 0 Å². The Morgan fingerprint density at radius 2 is 2.60 bits per heavy atom. The maximum absolute atomic E-state index is 12.8. The van der Waals surface area contributed by atoms with Crippen LogP contribution in [0.1, 0.15) is 6.42 Å². The Morgan fingerprint density at radius 3 is 3.10 bits per heavy atom.